The monoisotopic (exact) mass is 254 g/mol. The van der Waals surface area contributed by atoms with Crippen LogP contribution in [0.5, 0.6) is 0 Å². The second-order valence-electron chi connectivity index (χ2n) is 6.99. The van der Waals surface area contributed by atoms with Crippen LogP contribution in [0.2, 0.25) is 0 Å². The predicted octanol–water partition coefficient (Wildman–Crippen LogP) is 5.46. The van der Waals surface area contributed by atoms with Crippen LogP contribution in [0.4, 0.5) is 0 Å². The summed E-state index contributed by atoms with van der Waals surface area (Å²) in [6.45, 7) is 6.78. The molecule has 1 atom stereocenters. The van der Waals surface area contributed by atoms with Crippen molar-refractivity contribution in [1.82, 2.24) is 0 Å². The van der Waals surface area contributed by atoms with E-state index in [1.54, 1.807) is 0 Å². The summed E-state index contributed by atoms with van der Waals surface area (Å²) in [5.74, 6) is 0. The summed E-state index contributed by atoms with van der Waals surface area (Å²) in [6.07, 6.45) is 15.1. The van der Waals surface area contributed by atoms with E-state index in [1.807, 2.05) is 0 Å². The van der Waals surface area contributed by atoms with Gasteiger partial charge in [-0.1, -0.05) is 78.6 Å². The number of aliphatic hydroxyl groups is 1. The first-order valence-corrected chi connectivity index (χ1v) is 8.24. The molecule has 0 aromatic heterocycles. The van der Waals surface area contributed by atoms with Crippen molar-refractivity contribution >= 4 is 0 Å². The molecule has 0 aromatic carbocycles. The highest BCUT2D eigenvalue weighted by Crippen LogP contribution is 2.46. The van der Waals surface area contributed by atoms with Crippen LogP contribution in [0.25, 0.3) is 0 Å². The van der Waals surface area contributed by atoms with Crippen molar-refractivity contribution < 1.29 is 5.11 Å². The lowest BCUT2D eigenvalue weighted by atomic mass is 9.63. The highest BCUT2D eigenvalue weighted by molar-refractivity contribution is 4.96. The van der Waals surface area contributed by atoms with Crippen LogP contribution >= 0.6 is 0 Å². The summed E-state index contributed by atoms with van der Waals surface area (Å²) < 4.78 is 0. The number of unbranched alkanes of at least 4 members (excludes halogenated alkanes) is 6. The Morgan fingerprint density at radius 2 is 1.39 bits per heavy atom. The third kappa shape index (κ3) is 4.57. The molecule has 1 N–H and O–H groups in total. The Hall–Kier alpha value is -0.0400. The largest absolute Gasteiger partial charge is 0.389 e. The molecule has 0 radical (unpaired) electrons. The third-order valence-corrected chi connectivity index (χ3v) is 5.10. The van der Waals surface area contributed by atoms with Gasteiger partial charge in [0.1, 0.15) is 0 Å². The Labute approximate surface area is 114 Å². The first kappa shape index (κ1) is 16.0. The van der Waals surface area contributed by atoms with Crippen LogP contribution in [-0.4, -0.2) is 10.7 Å². The molecular formula is C17H34O. The quantitative estimate of drug-likeness (QED) is 0.570. The highest BCUT2D eigenvalue weighted by Gasteiger charge is 2.44. The number of rotatable bonds is 8. The Morgan fingerprint density at radius 1 is 0.833 bits per heavy atom. The van der Waals surface area contributed by atoms with Crippen molar-refractivity contribution in [2.45, 2.75) is 103 Å². The lowest BCUT2D eigenvalue weighted by Gasteiger charge is -2.46. The Bertz CT molecular complexity index is 222. The van der Waals surface area contributed by atoms with Crippen LogP contribution < -0.4 is 0 Å². The van der Waals surface area contributed by atoms with Crippen LogP contribution in [0.1, 0.15) is 97.8 Å². The summed E-state index contributed by atoms with van der Waals surface area (Å²) in [4.78, 5) is 0. The molecule has 1 rings (SSSR count). The SMILES string of the molecule is CCCCCCCCCC1(O)CCCCC1(C)C. The molecule has 1 aliphatic rings. The summed E-state index contributed by atoms with van der Waals surface area (Å²) in [7, 11) is 0. The van der Waals surface area contributed by atoms with Gasteiger partial charge in [0.2, 0.25) is 0 Å². The first-order valence-electron chi connectivity index (χ1n) is 8.24. The maximum Gasteiger partial charge on any atom is 0.0698 e. The van der Waals surface area contributed by atoms with E-state index in [0.29, 0.717) is 0 Å². The molecule has 1 fully saturated rings. The molecule has 0 saturated heterocycles. The molecule has 0 spiro atoms. The predicted molar refractivity (Wildman–Crippen MR) is 79.8 cm³/mol. The fraction of sp³-hybridized carbons (Fsp3) is 1.00. The van der Waals surface area contributed by atoms with Crippen LogP contribution in [0, 0.1) is 5.41 Å². The molecule has 18 heavy (non-hydrogen) atoms. The van der Waals surface area contributed by atoms with E-state index in [1.165, 1.54) is 64.2 Å². The smallest absolute Gasteiger partial charge is 0.0698 e. The van der Waals surface area contributed by atoms with E-state index in [9.17, 15) is 5.11 Å². The van der Waals surface area contributed by atoms with Crippen LogP contribution in [-0.2, 0) is 0 Å². The standard InChI is InChI=1S/C17H34O/c1-4-5-6-7-8-9-10-14-17(18)15-12-11-13-16(17,2)3/h18H,4-15H2,1-3H3. The summed E-state index contributed by atoms with van der Waals surface area (Å²) >= 11 is 0. The van der Waals surface area contributed by atoms with Crippen molar-refractivity contribution in [1.29, 1.82) is 0 Å². The van der Waals surface area contributed by atoms with Crippen molar-refractivity contribution in [2.24, 2.45) is 5.41 Å². The molecule has 1 unspecified atom stereocenters. The molecule has 1 nitrogen and oxygen atoms in total. The van der Waals surface area contributed by atoms with Crippen molar-refractivity contribution in [2.75, 3.05) is 0 Å². The fourth-order valence-corrected chi connectivity index (χ4v) is 3.39. The minimum atomic E-state index is -0.380. The average Bonchev–Trinajstić information content (AvgIpc) is 2.32. The van der Waals surface area contributed by atoms with Crippen molar-refractivity contribution in [3.8, 4) is 0 Å². The topological polar surface area (TPSA) is 20.2 Å². The molecule has 1 saturated carbocycles. The summed E-state index contributed by atoms with van der Waals surface area (Å²) in [5, 5.41) is 10.8. The van der Waals surface area contributed by atoms with Gasteiger partial charge in [-0.05, 0) is 24.7 Å². The molecule has 0 heterocycles. The second kappa shape index (κ2) is 7.53. The van der Waals surface area contributed by atoms with E-state index in [0.717, 1.165) is 12.8 Å². The van der Waals surface area contributed by atoms with E-state index in [2.05, 4.69) is 20.8 Å². The Morgan fingerprint density at radius 3 is 2.00 bits per heavy atom. The van der Waals surface area contributed by atoms with Gasteiger partial charge in [-0.25, -0.2) is 0 Å². The normalized spacial score (nSPS) is 27.3. The van der Waals surface area contributed by atoms with E-state index in [-0.39, 0.29) is 11.0 Å². The Kier molecular flexibility index (Phi) is 6.70. The molecule has 1 heteroatoms. The van der Waals surface area contributed by atoms with Crippen molar-refractivity contribution in [3.05, 3.63) is 0 Å². The third-order valence-electron chi connectivity index (χ3n) is 5.10. The van der Waals surface area contributed by atoms with E-state index in [4.69, 9.17) is 0 Å². The minimum absolute atomic E-state index is 0.132. The minimum Gasteiger partial charge on any atom is -0.389 e. The van der Waals surface area contributed by atoms with Crippen LogP contribution in [0.15, 0.2) is 0 Å². The Balaban J connectivity index is 2.17. The van der Waals surface area contributed by atoms with Gasteiger partial charge in [0, 0.05) is 0 Å². The van der Waals surface area contributed by atoms with Gasteiger partial charge in [0.05, 0.1) is 5.60 Å². The number of hydrogen-bond acceptors (Lipinski definition) is 1. The van der Waals surface area contributed by atoms with E-state index >= 15 is 0 Å². The summed E-state index contributed by atoms with van der Waals surface area (Å²) in [6, 6.07) is 0. The second-order valence-corrected chi connectivity index (χ2v) is 6.99. The van der Waals surface area contributed by atoms with E-state index < -0.39 is 0 Å². The maximum absolute atomic E-state index is 10.8. The van der Waals surface area contributed by atoms with Gasteiger partial charge in [0.15, 0.2) is 0 Å². The molecule has 0 bridgehead atoms. The zero-order chi connectivity index (χ0) is 13.5. The molecule has 0 amide bonds. The molecule has 0 aliphatic heterocycles. The van der Waals surface area contributed by atoms with Gasteiger partial charge in [0.25, 0.3) is 0 Å². The molecule has 1 aliphatic carbocycles. The van der Waals surface area contributed by atoms with Gasteiger partial charge in [-0.3, -0.25) is 0 Å². The van der Waals surface area contributed by atoms with Gasteiger partial charge >= 0.3 is 0 Å². The average molecular weight is 254 g/mol. The van der Waals surface area contributed by atoms with Gasteiger partial charge in [-0.15, -0.1) is 0 Å². The first-order chi connectivity index (χ1) is 8.52. The van der Waals surface area contributed by atoms with Crippen LogP contribution in [0.3, 0.4) is 0 Å². The molecule has 0 aromatic rings. The van der Waals surface area contributed by atoms with Gasteiger partial charge < -0.3 is 5.11 Å². The zero-order valence-corrected chi connectivity index (χ0v) is 12.9. The van der Waals surface area contributed by atoms with Crippen molar-refractivity contribution in [3.63, 3.8) is 0 Å². The summed E-state index contributed by atoms with van der Waals surface area (Å²) in [5.41, 5.74) is -0.248. The lowest BCUT2D eigenvalue weighted by Crippen LogP contribution is -2.47. The maximum atomic E-state index is 10.8. The molecule has 108 valence electrons. The number of hydrogen-bond donors (Lipinski definition) is 1. The fourth-order valence-electron chi connectivity index (χ4n) is 3.39. The zero-order valence-electron chi connectivity index (χ0n) is 12.9. The highest BCUT2D eigenvalue weighted by atomic mass is 16.3. The van der Waals surface area contributed by atoms with Gasteiger partial charge in [-0.2, -0.15) is 0 Å². The lowest BCUT2D eigenvalue weighted by molar-refractivity contribution is -0.103. The molecular weight excluding hydrogens is 220 g/mol.